The van der Waals surface area contributed by atoms with Crippen LogP contribution in [0.2, 0.25) is 0 Å². The van der Waals surface area contributed by atoms with Crippen LogP contribution in [-0.2, 0) is 19.6 Å². The molecule has 1 atom stereocenters. The van der Waals surface area contributed by atoms with Gasteiger partial charge in [0.15, 0.2) is 0 Å². The Morgan fingerprint density at radius 2 is 1.67 bits per heavy atom. The van der Waals surface area contributed by atoms with E-state index in [1.807, 2.05) is 0 Å². The third kappa shape index (κ3) is 13.2. The van der Waals surface area contributed by atoms with Crippen LogP contribution in [0.25, 0.3) is 0 Å². The van der Waals surface area contributed by atoms with Crippen LogP contribution in [0.15, 0.2) is 0 Å². The highest BCUT2D eigenvalue weighted by molar-refractivity contribution is 7.85. The summed E-state index contributed by atoms with van der Waals surface area (Å²) < 4.78 is 43.3. The molecule has 0 aromatic carbocycles. The lowest BCUT2D eigenvalue weighted by Gasteiger charge is -2.35. The second-order valence-corrected chi connectivity index (χ2v) is 7.24. The van der Waals surface area contributed by atoms with Crippen molar-refractivity contribution in [3.8, 4) is 0 Å². The number of unbranched alkanes of at least 4 members (excludes halogenated alkanes) is 2. The fourth-order valence-corrected chi connectivity index (χ4v) is 2.71. The first-order valence-corrected chi connectivity index (χ1v) is 9.24. The van der Waals surface area contributed by atoms with Crippen molar-refractivity contribution in [3.63, 3.8) is 0 Å². The van der Waals surface area contributed by atoms with Crippen LogP contribution in [0.3, 0.4) is 0 Å². The maximum absolute atomic E-state index is 10.7. The molecule has 0 aliphatic rings. The van der Waals surface area contributed by atoms with Gasteiger partial charge in [0.2, 0.25) is 0 Å². The van der Waals surface area contributed by atoms with Crippen molar-refractivity contribution in [3.05, 3.63) is 0 Å². The smallest absolute Gasteiger partial charge is 0.102 e. The Kier molecular flexibility index (Phi) is 11.3. The van der Waals surface area contributed by atoms with Crippen molar-refractivity contribution in [1.82, 2.24) is 0 Å². The quantitative estimate of drug-likeness (QED) is 0.273. The lowest BCUT2D eigenvalue weighted by molar-refractivity contribution is -0.910. The summed E-state index contributed by atoms with van der Waals surface area (Å²) in [7, 11) is -0.372. The van der Waals surface area contributed by atoms with E-state index in [-0.39, 0.29) is 5.75 Å². The van der Waals surface area contributed by atoms with Gasteiger partial charge in [-0.25, -0.2) is 8.42 Å². The van der Waals surface area contributed by atoms with E-state index in [1.165, 1.54) is 0 Å². The molecule has 6 nitrogen and oxygen atoms in total. The van der Waals surface area contributed by atoms with Crippen LogP contribution in [0.5, 0.6) is 0 Å². The first-order valence-electron chi connectivity index (χ1n) is 7.67. The summed E-state index contributed by atoms with van der Waals surface area (Å²) in [4.78, 5) is 0. The Hall–Kier alpha value is -0.210. The predicted molar refractivity (Wildman–Crippen MR) is 82.2 cm³/mol. The van der Waals surface area contributed by atoms with Gasteiger partial charge in [-0.2, -0.15) is 0 Å². The van der Waals surface area contributed by atoms with Gasteiger partial charge in [0.1, 0.15) is 6.54 Å². The lowest BCUT2D eigenvalue weighted by Crippen LogP contribution is -2.48. The van der Waals surface area contributed by atoms with E-state index in [2.05, 4.69) is 14.0 Å². The summed E-state index contributed by atoms with van der Waals surface area (Å²) in [6, 6.07) is 0. The molecule has 0 heterocycles. The topological polar surface area (TPSA) is 75.7 Å². The van der Waals surface area contributed by atoms with Crippen LogP contribution < -0.4 is 0 Å². The Bertz CT molecular complexity index is 347. The third-order valence-electron chi connectivity index (χ3n) is 3.60. The molecule has 1 unspecified atom stereocenters. The van der Waals surface area contributed by atoms with Gasteiger partial charge in [-0.15, -0.1) is 0 Å². The van der Waals surface area contributed by atoms with Crippen LogP contribution in [0.4, 0.5) is 0 Å². The molecular weight excluding hydrogens is 294 g/mol. The van der Waals surface area contributed by atoms with E-state index in [4.69, 9.17) is 9.47 Å². The summed E-state index contributed by atoms with van der Waals surface area (Å²) >= 11 is 0. The molecular formula is C14H31NO5S. The van der Waals surface area contributed by atoms with Crippen LogP contribution >= 0.6 is 0 Å². The molecule has 0 aliphatic carbocycles. The number of quaternary nitrogens is 1. The number of likely N-dealkylation sites (N-methyl/N-ethyl adjacent to an activating group) is 1. The molecule has 0 amide bonds. The zero-order chi connectivity index (χ0) is 16.2. The summed E-state index contributed by atoms with van der Waals surface area (Å²) in [6.45, 7) is 6.43. The van der Waals surface area contributed by atoms with Gasteiger partial charge < -0.3 is 18.5 Å². The molecule has 0 fully saturated rings. The van der Waals surface area contributed by atoms with Crippen LogP contribution in [0.1, 0.15) is 32.6 Å². The highest BCUT2D eigenvalue weighted by Gasteiger charge is 2.20. The van der Waals surface area contributed by atoms with Crippen molar-refractivity contribution in [2.75, 3.05) is 59.4 Å². The molecule has 0 saturated carbocycles. The monoisotopic (exact) mass is 325 g/mol. The Morgan fingerprint density at radius 1 is 1.00 bits per heavy atom. The zero-order valence-electron chi connectivity index (χ0n) is 13.7. The largest absolute Gasteiger partial charge is 0.748 e. The van der Waals surface area contributed by atoms with Gasteiger partial charge in [0.25, 0.3) is 0 Å². The summed E-state index contributed by atoms with van der Waals surface area (Å²) in [6.07, 6.45) is 3.83. The zero-order valence-corrected chi connectivity index (χ0v) is 14.5. The number of methoxy groups -OCH3 is 1. The molecule has 0 spiro atoms. The van der Waals surface area contributed by atoms with Crippen molar-refractivity contribution in [2.45, 2.75) is 32.6 Å². The maximum Gasteiger partial charge on any atom is 0.102 e. The minimum Gasteiger partial charge on any atom is -0.748 e. The van der Waals surface area contributed by atoms with Crippen molar-refractivity contribution < 1.29 is 26.9 Å². The Balaban J connectivity index is 4.19. The molecule has 0 bridgehead atoms. The summed E-state index contributed by atoms with van der Waals surface area (Å²) in [5.41, 5.74) is 0. The SMILES string of the molecule is CCCCC[N+](C)(CCCS(=O)(=O)[O-])CCOCCOC. The summed E-state index contributed by atoms with van der Waals surface area (Å²) in [5, 5.41) is 0. The van der Waals surface area contributed by atoms with E-state index in [1.54, 1.807) is 7.11 Å². The number of rotatable bonds is 14. The molecule has 0 N–H and O–H groups in total. The van der Waals surface area contributed by atoms with Crippen molar-refractivity contribution >= 4 is 10.1 Å². The third-order valence-corrected chi connectivity index (χ3v) is 4.39. The fourth-order valence-electron chi connectivity index (χ4n) is 2.23. The van der Waals surface area contributed by atoms with E-state index in [0.717, 1.165) is 36.8 Å². The minimum atomic E-state index is -4.11. The molecule has 0 saturated heterocycles. The number of nitrogens with zero attached hydrogens (tertiary/aromatic N) is 1. The van der Waals surface area contributed by atoms with Crippen LogP contribution in [-0.4, -0.2) is 76.8 Å². The normalized spacial score (nSPS) is 15.0. The molecule has 21 heavy (non-hydrogen) atoms. The molecule has 0 aromatic heterocycles. The molecule has 128 valence electrons. The Labute approximate surface area is 129 Å². The van der Waals surface area contributed by atoms with E-state index in [9.17, 15) is 13.0 Å². The van der Waals surface area contributed by atoms with Crippen molar-refractivity contribution in [1.29, 1.82) is 0 Å². The molecule has 0 aliphatic heterocycles. The number of hydrogen-bond acceptors (Lipinski definition) is 5. The van der Waals surface area contributed by atoms with Gasteiger partial charge in [-0.05, 0) is 12.8 Å². The molecule has 0 radical (unpaired) electrons. The molecule has 7 heteroatoms. The first kappa shape index (κ1) is 20.8. The van der Waals surface area contributed by atoms with Gasteiger partial charge in [0.05, 0.1) is 50.1 Å². The number of ether oxygens (including phenoxy) is 2. The fraction of sp³-hybridized carbons (Fsp3) is 1.00. The predicted octanol–water partition coefficient (Wildman–Crippen LogP) is 1.22. The van der Waals surface area contributed by atoms with Gasteiger partial charge in [-0.3, -0.25) is 0 Å². The van der Waals surface area contributed by atoms with E-state index < -0.39 is 10.1 Å². The van der Waals surface area contributed by atoms with Crippen molar-refractivity contribution in [2.24, 2.45) is 0 Å². The second kappa shape index (κ2) is 11.4. The Morgan fingerprint density at radius 3 is 2.24 bits per heavy atom. The average molecular weight is 325 g/mol. The van der Waals surface area contributed by atoms with Gasteiger partial charge in [-0.1, -0.05) is 13.3 Å². The average Bonchev–Trinajstić information content (AvgIpc) is 2.37. The highest BCUT2D eigenvalue weighted by atomic mass is 32.2. The van der Waals surface area contributed by atoms with E-state index in [0.29, 0.717) is 32.8 Å². The van der Waals surface area contributed by atoms with Crippen LogP contribution in [0, 0.1) is 0 Å². The minimum absolute atomic E-state index is 0.279. The number of hydrogen-bond donors (Lipinski definition) is 0. The summed E-state index contributed by atoms with van der Waals surface area (Å²) in [5.74, 6) is -0.279. The highest BCUT2D eigenvalue weighted by Crippen LogP contribution is 2.09. The second-order valence-electron chi connectivity index (χ2n) is 5.72. The molecule has 0 aromatic rings. The standard InChI is InChI=1S/C14H31NO5S/c1-4-5-6-8-15(2,9-7-14-21(16,17)18)10-11-20-13-12-19-3/h4-14H2,1-3H3. The molecule has 0 rings (SSSR count). The lowest BCUT2D eigenvalue weighted by atomic mass is 10.2. The maximum atomic E-state index is 10.7. The van der Waals surface area contributed by atoms with Gasteiger partial charge in [0, 0.05) is 19.3 Å². The first-order chi connectivity index (χ1) is 9.83. The van der Waals surface area contributed by atoms with Gasteiger partial charge >= 0.3 is 0 Å². The van der Waals surface area contributed by atoms with E-state index >= 15 is 0 Å².